The van der Waals surface area contributed by atoms with Crippen molar-refractivity contribution in [2.75, 3.05) is 13.7 Å². The molecule has 1 aliphatic rings. The van der Waals surface area contributed by atoms with Crippen LogP contribution in [-0.4, -0.2) is 24.3 Å². The van der Waals surface area contributed by atoms with Gasteiger partial charge < -0.3 is 14.2 Å². The third kappa shape index (κ3) is 6.02. The lowest BCUT2D eigenvalue weighted by Gasteiger charge is -2.24. The molecule has 5 rings (SSSR count). The summed E-state index contributed by atoms with van der Waals surface area (Å²) in [5, 5.41) is 0.626. The fraction of sp³-hybridized carbons (Fsp3) is 0.194. The maximum Gasteiger partial charge on any atom is 0.338 e. The molecular weight excluding hydrogens is 628 g/mol. The zero-order chi connectivity index (χ0) is 29.1. The fourth-order valence-corrected chi connectivity index (χ4v) is 6.07. The predicted octanol–water partition coefficient (Wildman–Crippen LogP) is 5.80. The van der Waals surface area contributed by atoms with Crippen LogP contribution in [0.15, 0.2) is 92.3 Å². The molecule has 0 saturated heterocycles. The molecule has 0 aliphatic carbocycles. The van der Waals surface area contributed by atoms with E-state index in [1.807, 2.05) is 60.7 Å². The van der Waals surface area contributed by atoms with Gasteiger partial charge in [-0.15, -0.1) is 0 Å². The molecule has 0 spiro atoms. The van der Waals surface area contributed by atoms with Crippen LogP contribution in [0, 0.1) is 0 Å². The first-order valence-electron chi connectivity index (χ1n) is 12.8. The summed E-state index contributed by atoms with van der Waals surface area (Å²) in [6.07, 6.45) is 1.78. The van der Waals surface area contributed by atoms with Crippen LogP contribution in [0.5, 0.6) is 11.5 Å². The molecule has 7 nitrogen and oxygen atoms in total. The Morgan fingerprint density at radius 1 is 1.12 bits per heavy atom. The number of carbonyl (C=O) groups excluding carboxylic acids is 1. The van der Waals surface area contributed by atoms with Gasteiger partial charge in [0.2, 0.25) is 0 Å². The molecule has 0 bridgehead atoms. The van der Waals surface area contributed by atoms with Gasteiger partial charge in [0, 0.05) is 15.1 Å². The number of aromatic nitrogens is 1. The Balaban J connectivity index is 1.54. The average molecular weight is 654 g/mol. The molecule has 2 heterocycles. The van der Waals surface area contributed by atoms with Gasteiger partial charge in [0.05, 0.1) is 35.6 Å². The van der Waals surface area contributed by atoms with Crippen molar-refractivity contribution >= 4 is 50.9 Å². The van der Waals surface area contributed by atoms with E-state index in [2.05, 4.69) is 20.9 Å². The molecule has 0 fully saturated rings. The van der Waals surface area contributed by atoms with E-state index in [1.54, 1.807) is 37.7 Å². The number of ether oxygens (including phenoxy) is 3. The summed E-state index contributed by atoms with van der Waals surface area (Å²) in [6.45, 7) is 4.01. The third-order valence-electron chi connectivity index (χ3n) is 6.53. The molecule has 0 amide bonds. The van der Waals surface area contributed by atoms with E-state index < -0.39 is 12.0 Å². The minimum atomic E-state index is -0.671. The molecule has 4 aromatic rings. The van der Waals surface area contributed by atoms with Gasteiger partial charge in [0.15, 0.2) is 16.3 Å². The fourth-order valence-electron chi connectivity index (χ4n) is 4.57. The van der Waals surface area contributed by atoms with Gasteiger partial charge in [0.25, 0.3) is 5.56 Å². The van der Waals surface area contributed by atoms with Crippen LogP contribution in [0.4, 0.5) is 0 Å². The van der Waals surface area contributed by atoms with E-state index in [0.717, 1.165) is 21.2 Å². The molecular formula is C31H26BrClN2O5S. The lowest BCUT2D eigenvalue weighted by Crippen LogP contribution is -2.39. The van der Waals surface area contributed by atoms with Gasteiger partial charge >= 0.3 is 5.97 Å². The summed E-state index contributed by atoms with van der Waals surface area (Å²) < 4.78 is 19.8. The van der Waals surface area contributed by atoms with Crippen molar-refractivity contribution in [1.82, 2.24) is 4.57 Å². The second-order valence-electron chi connectivity index (χ2n) is 9.14. The standard InChI is InChI=1S/C31H26BrClN2O5S/c1-4-39-30(37)27-18(2)34-31-35(28(27)20-10-12-22(32)13-11-20)29(36)26(41-31)16-19-9-14-24(25(15-19)38-3)40-17-21-7-5-6-8-23(21)33/h5-16,28H,4,17H2,1-3H3/b26-16-/t28-/m0/s1. The van der Waals surface area contributed by atoms with E-state index in [4.69, 9.17) is 25.8 Å². The molecule has 0 radical (unpaired) electrons. The average Bonchev–Trinajstić information content (AvgIpc) is 3.26. The molecule has 1 aliphatic heterocycles. The Kier molecular flexibility index (Phi) is 8.77. The highest BCUT2D eigenvalue weighted by Gasteiger charge is 2.33. The van der Waals surface area contributed by atoms with E-state index in [0.29, 0.717) is 37.1 Å². The van der Waals surface area contributed by atoms with E-state index >= 15 is 0 Å². The molecule has 210 valence electrons. The van der Waals surface area contributed by atoms with Crippen molar-refractivity contribution in [3.63, 3.8) is 0 Å². The summed E-state index contributed by atoms with van der Waals surface area (Å²) in [5.41, 5.74) is 2.99. The van der Waals surface area contributed by atoms with Crippen LogP contribution >= 0.6 is 38.9 Å². The van der Waals surface area contributed by atoms with Crippen LogP contribution in [0.2, 0.25) is 5.02 Å². The Bertz CT molecular complexity index is 1830. The number of nitrogens with zero attached hydrogens (tertiary/aromatic N) is 2. The Labute approximate surface area is 254 Å². The Morgan fingerprint density at radius 3 is 2.59 bits per heavy atom. The number of hydrogen-bond donors (Lipinski definition) is 0. The Hall–Kier alpha value is -3.66. The molecule has 3 aromatic carbocycles. The summed E-state index contributed by atoms with van der Waals surface area (Å²) in [5.74, 6) is 0.579. The summed E-state index contributed by atoms with van der Waals surface area (Å²) in [7, 11) is 1.56. The minimum Gasteiger partial charge on any atom is -0.493 e. The number of thiazole rings is 1. The SMILES string of the molecule is CCOC(=O)C1=C(C)N=c2s/c(=C\c3ccc(OCc4ccccc4Cl)c(OC)c3)c(=O)n2[C@H]1c1ccc(Br)cc1. The maximum atomic E-state index is 13.8. The zero-order valence-electron chi connectivity index (χ0n) is 22.5. The van der Waals surface area contributed by atoms with Crippen LogP contribution in [-0.2, 0) is 16.1 Å². The second-order valence-corrected chi connectivity index (χ2v) is 11.5. The number of rotatable bonds is 8. The first-order chi connectivity index (χ1) is 19.8. The molecule has 0 N–H and O–H groups in total. The molecule has 41 heavy (non-hydrogen) atoms. The van der Waals surface area contributed by atoms with Crippen molar-refractivity contribution in [2.24, 2.45) is 4.99 Å². The van der Waals surface area contributed by atoms with Crippen LogP contribution < -0.4 is 24.4 Å². The van der Waals surface area contributed by atoms with Gasteiger partial charge in [0.1, 0.15) is 6.61 Å². The number of fused-ring (bicyclic) bond motifs is 1. The number of benzene rings is 3. The molecule has 1 aromatic heterocycles. The first-order valence-corrected chi connectivity index (χ1v) is 14.8. The van der Waals surface area contributed by atoms with Crippen LogP contribution in [0.25, 0.3) is 6.08 Å². The molecule has 10 heteroatoms. The Morgan fingerprint density at radius 2 is 1.88 bits per heavy atom. The van der Waals surface area contributed by atoms with Gasteiger partial charge in [-0.05, 0) is 61.4 Å². The third-order valence-corrected chi connectivity index (χ3v) is 8.41. The number of esters is 1. The quantitative estimate of drug-likeness (QED) is 0.225. The summed E-state index contributed by atoms with van der Waals surface area (Å²) in [6, 6.07) is 19.8. The summed E-state index contributed by atoms with van der Waals surface area (Å²) >= 11 is 11.0. The smallest absolute Gasteiger partial charge is 0.338 e. The van der Waals surface area contributed by atoms with Crippen molar-refractivity contribution in [3.05, 3.63) is 124 Å². The molecule has 0 unspecified atom stereocenters. The van der Waals surface area contributed by atoms with E-state index in [-0.39, 0.29) is 18.8 Å². The van der Waals surface area contributed by atoms with Crippen molar-refractivity contribution in [2.45, 2.75) is 26.5 Å². The van der Waals surface area contributed by atoms with E-state index in [9.17, 15) is 9.59 Å². The normalized spacial score (nSPS) is 14.9. The number of carbonyl (C=O) groups is 1. The monoisotopic (exact) mass is 652 g/mol. The highest BCUT2D eigenvalue weighted by Crippen LogP contribution is 2.32. The molecule has 1 atom stereocenters. The predicted molar refractivity (Wildman–Crippen MR) is 163 cm³/mol. The van der Waals surface area contributed by atoms with Gasteiger partial charge in [-0.3, -0.25) is 9.36 Å². The highest BCUT2D eigenvalue weighted by atomic mass is 79.9. The largest absolute Gasteiger partial charge is 0.493 e. The van der Waals surface area contributed by atoms with Crippen molar-refractivity contribution in [3.8, 4) is 11.5 Å². The van der Waals surface area contributed by atoms with Crippen LogP contribution in [0.3, 0.4) is 0 Å². The summed E-state index contributed by atoms with van der Waals surface area (Å²) in [4.78, 5) is 32.0. The lowest BCUT2D eigenvalue weighted by molar-refractivity contribution is -0.139. The first kappa shape index (κ1) is 28.9. The minimum absolute atomic E-state index is 0.215. The topological polar surface area (TPSA) is 79.1 Å². The van der Waals surface area contributed by atoms with Crippen molar-refractivity contribution < 1.29 is 19.0 Å². The number of allylic oxidation sites excluding steroid dienone is 1. The maximum absolute atomic E-state index is 13.8. The number of halogens is 2. The molecule has 0 saturated carbocycles. The number of hydrogen-bond acceptors (Lipinski definition) is 7. The number of methoxy groups -OCH3 is 1. The highest BCUT2D eigenvalue weighted by molar-refractivity contribution is 9.10. The lowest BCUT2D eigenvalue weighted by atomic mass is 9.96. The van der Waals surface area contributed by atoms with Gasteiger partial charge in [-0.2, -0.15) is 0 Å². The van der Waals surface area contributed by atoms with Gasteiger partial charge in [-0.1, -0.05) is 75.3 Å². The van der Waals surface area contributed by atoms with E-state index in [1.165, 1.54) is 11.3 Å². The van der Waals surface area contributed by atoms with Crippen molar-refractivity contribution in [1.29, 1.82) is 0 Å². The second kappa shape index (κ2) is 12.5. The van der Waals surface area contributed by atoms with Gasteiger partial charge in [-0.25, -0.2) is 9.79 Å². The van der Waals surface area contributed by atoms with Crippen LogP contribution in [0.1, 0.15) is 36.6 Å². The zero-order valence-corrected chi connectivity index (χ0v) is 25.7.